The zero-order chi connectivity index (χ0) is 17.6. The van der Waals surface area contributed by atoms with E-state index in [1.165, 1.54) is 5.69 Å². The summed E-state index contributed by atoms with van der Waals surface area (Å²) in [5.41, 5.74) is 6.02. The average Bonchev–Trinajstić information content (AvgIpc) is 3.02. The maximum Gasteiger partial charge on any atom is 0.224 e. The van der Waals surface area contributed by atoms with Gasteiger partial charge in [-0.3, -0.25) is 9.79 Å². The quantitative estimate of drug-likeness (QED) is 0.345. The van der Waals surface area contributed by atoms with Crippen molar-refractivity contribution in [1.82, 2.24) is 10.6 Å². The Kier molecular flexibility index (Phi) is 8.47. The lowest BCUT2D eigenvalue weighted by Gasteiger charge is -2.22. The van der Waals surface area contributed by atoms with Crippen molar-refractivity contribution in [2.24, 2.45) is 16.1 Å². The Balaban J connectivity index is 0.00000312. The molecule has 1 amide bonds. The van der Waals surface area contributed by atoms with Gasteiger partial charge in [-0.1, -0.05) is 18.2 Å². The second-order valence-corrected chi connectivity index (χ2v) is 6.85. The highest BCUT2D eigenvalue weighted by molar-refractivity contribution is 14.0. The number of para-hydroxylation sites is 1. The van der Waals surface area contributed by atoms with Crippen LogP contribution in [0.25, 0.3) is 0 Å². The third-order valence-electron chi connectivity index (χ3n) is 4.29. The Morgan fingerprint density at radius 2 is 2.04 bits per heavy atom. The number of nitrogens with two attached hydrogens (primary N) is 1. The summed E-state index contributed by atoms with van der Waals surface area (Å²) >= 11 is 0. The fourth-order valence-electron chi connectivity index (χ4n) is 2.62. The van der Waals surface area contributed by atoms with Crippen molar-refractivity contribution in [1.29, 1.82) is 0 Å². The number of guanidine groups is 1. The molecular weight excluding hydrogens is 429 g/mol. The molecule has 1 aliphatic rings. The van der Waals surface area contributed by atoms with E-state index >= 15 is 0 Å². The summed E-state index contributed by atoms with van der Waals surface area (Å²) in [4.78, 5) is 18.4. The third-order valence-corrected chi connectivity index (χ3v) is 4.29. The SMILES string of the molecule is CCNC(=NCC(C)(C)C(N)=O)NC1CCN(c2ccccc2)C1.I. The van der Waals surface area contributed by atoms with E-state index in [1.807, 2.05) is 26.8 Å². The monoisotopic (exact) mass is 459 g/mol. The number of aliphatic imine (C=N–C) groups is 1. The Labute approximate surface area is 167 Å². The number of halogens is 1. The lowest BCUT2D eigenvalue weighted by atomic mass is 9.93. The fraction of sp³-hybridized carbons (Fsp3) is 0.556. The number of nitrogens with zero attached hydrogens (tertiary/aromatic N) is 2. The Hall–Kier alpha value is -1.51. The summed E-state index contributed by atoms with van der Waals surface area (Å²) in [6, 6.07) is 10.8. The molecule has 1 aliphatic heterocycles. The summed E-state index contributed by atoms with van der Waals surface area (Å²) < 4.78 is 0. The highest BCUT2D eigenvalue weighted by atomic mass is 127. The molecule has 1 unspecified atom stereocenters. The van der Waals surface area contributed by atoms with E-state index in [0.717, 1.165) is 32.0 Å². The van der Waals surface area contributed by atoms with Gasteiger partial charge in [0.1, 0.15) is 0 Å². The van der Waals surface area contributed by atoms with Crippen molar-refractivity contribution >= 4 is 41.5 Å². The molecule has 140 valence electrons. The van der Waals surface area contributed by atoms with Gasteiger partial charge in [-0.25, -0.2) is 0 Å². The molecule has 1 aromatic carbocycles. The first kappa shape index (κ1) is 21.5. The topological polar surface area (TPSA) is 82.7 Å². The molecular formula is C18H30IN5O. The number of primary amides is 1. The number of anilines is 1. The van der Waals surface area contributed by atoms with E-state index in [0.29, 0.717) is 12.6 Å². The molecule has 6 nitrogen and oxygen atoms in total. The second-order valence-electron chi connectivity index (χ2n) is 6.85. The molecule has 1 atom stereocenters. The molecule has 0 spiro atoms. The van der Waals surface area contributed by atoms with Gasteiger partial charge in [0.25, 0.3) is 0 Å². The first-order valence-corrected chi connectivity index (χ1v) is 8.57. The number of carbonyl (C=O) groups is 1. The van der Waals surface area contributed by atoms with E-state index in [-0.39, 0.29) is 29.9 Å². The molecule has 7 heteroatoms. The molecule has 25 heavy (non-hydrogen) atoms. The molecule has 1 aromatic rings. The van der Waals surface area contributed by atoms with Crippen LogP contribution >= 0.6 is 24.0 Å². The first-order chi connectivity index (χ1) is 11.4. The van der Waals surface area contributed by atoms with Crippen LogP contribution in [-0.4, -0.2) is 44.1 Å². The number of hydrogen-bond acceptors (Lipinski definition) is 3. The van der Waals surface area contributed by atoms with Crippen LogP contribution in [0.3, 0.4) is 0 Å². The molecule has 0 saturated carbocycles. The van der Waals surface area contributed by atoms with Crippen LogP contribution in [0.2, 0.25) is 0 Å². The molecule has 0 bridgehead atoms. The molecule has 0 aromatic heterocycles. The second kappa shape index (κ2) is 9.84. The summed E-state index contributed by atoms with van der Waals surface area (Å²) in [6.07, 6.45) is 1.05. The van der Waals surface area contributed by atoms with Gasteiger partial charge in [0.2, 0.25) is 5.91 Å². The molecule has 1 fully saturated rings. The normalized spacial score (nSPS) is 17.8. The van der Waals surface area contributed by atoms with Crippen molar-refractivity contribution in [2.45, 2.75) is 33.2 Å². The van der Waals surface area contributed by atoms with E-state index < -0.39 is 5.41 Å². The van der Waals surface area contributed by atoms with Gasteiger partial charge in [-0.2, -0.15) is 0 Å². The zero-order valence-corrected chi connectivity index (χ0v) is 17.6. The fourth-order valence-corrected chi connectivity index (χ4v) is 2.62. The number of amides is 1. The number of benzene rings is 1. The van der Waals surface area contributed by atoms with Crippen molar-refractivity contribution in [3.8, 4) is 0 Å². The van der Waals surface area contributed by atoms with Crippen LogP contribution in [0.15, 0.2) is 35.3 Å². The standard InChI is InChI=1S/C18H29N5O.HI/c1-4-20-17(21-13-18(2,3)16(19)24)22-14-10-11-23(12-14)15-8-6-5-7-9-15;/h5-9,14H,4,10-13H2,1-3H3,(H2,19,24)(H2,20,21,22);1H. The minimum atomic E-state index is -0.645. The Morgan fingerprint density at radius 1 is 1.36 bits per heavy atom. The van der Waals surface area contributed by atoms with Gasteiger partial charge in [-0.05, 0) is 39.3 Å². The van der Waals surface area contributed by atoms with Gasteiger partial charge in [0, 0.05) is 31.4 Å². The van der Waals surface area contributed by atoms with E-state index in [1.54, 1.807) is 0 Å². The predicted octanol–water partition coefficient (Wildman–Crippen LogP) is 1.95. The number of carbonyl (C=O) groups excluding carboxylic acids is 1. The molecule has 2 rings (SSSR count). The van der Waals surface area contributed by atoms with Crippen molar-refractivity contribution in [3.05, 3.63) is 30.3 Å². The highest BCUT2D eigenvalue weighted by Gasteiger charge is 2.26. The molecule has 1 heterocycles. The van der Waals surface area contributed by atoms with Gasteiger partial charge in [0.15, 0.2) is 5.96 Å². The number of nitrogens with one attached hydrogen (secondary N) is 2. The number of hydrogen-bond donors (Lipinski definition) is 3. The van der Waals surface area contributed by atoms with Crippen LogP contribution in [0.4, 0.5) is 5.69 Å². The summed E-state index contributed by atoms with van der Waals surface area (Å²) in [5, 5.41) is 6.72. The largest absolute Gasteiger partial charge is 0.369 e. The molecule has 0 radical (unpaired) electrons. The third kappa shape index (κ3) is 6.37. The predicted molar refractivity (Wildman–Crippen MR) is 115 cm³/mol. The Bertz CT molecular complexity index is 576. The Morgan fingerprint density at radius 3 is 2.64 bits per heavy atom. The van der Waals surface area contributed by atoms with Crippen LogP contribution in [0, 0.1) is 5.41 Å². The first-order valence-electron chi connectivity index (χ1n) is 8.57. The lowest BCUT2D eigenvalue weighted by Crippen LogP contribution is -2.45. The molecule has 0 aliphatic carbocycles. The van der Waals surface area contributed by atoms with E-state index in [9.17, 15) is 4.79 Å². The lowest BCUT2D eigenvalue weighted by molar-refractivity contribution is -0.125. The summed E-state index contributed by atoms with van der Waals surface area (Å²) in [5.74, 6) is 0.407. The van der Waals surface area contributed by atoms with Crippen molar-refractivity contribution in [3.63, 3.8) is 0 Å². The van der Waals surface area contributed by atoms with Crippen molar-refractivity contribution in [2.75, 3.05) is 31.1 Å². The summed E-state index contributed by atoms with van der Waals surface area (Å²) in [6.45, 7) is 8.76. The van der Waals surface area contributed by atoms with Gasteiger partial charge >= 0.3 is 0 Å². The van der Waals surface area contributed by atoms with Crippen LogP contribution in [0.1, 0.15) is 27.2 Å². The van der Waals surface area contributed by atoms with Crippen LogP contribution < -0.4 is 21.3 Å². The van der Waals surface area contributed by atoms with Gasteiger partial charge < -0.3 is 21.3 Å². The average molecular weight is 459 g/mol. The molecule has 4 N–H and O–H groups in total. The maximum absolute atomic E-state index is 11.4. The smallest absolute Gasteiger partial charge is 0.224 e. The van der Waals surface area contributed by atoms with Gasteiger partial charge in [0.05, 0.1) is 12.0 Å². The van der Waals surface area contributed by atoms with Gasteiger partial charge in [-0.15, -0.1) is 24.0 Å². The maximum atomic E-state index is 11.4. The minimum Gasteiger partial charge on any atom is -0.369 e. The minimum absolute atomic E-state index is 0. The van der Waals surface area contributed by atoms with E-state index in [4.69, 9.17) is 5.73 Å². The molecule has 1 saturated heterocycles. The van der Waals surface area contributed by atoms with Crippen molar-refractivity contribution < 1.29 is 4.79 Å². The number of rotatable bonds is 6. The van der Waals surface area contributed by atoms with Crippen LogP contribution in [0.5, 0.6) is 0 Å². The van der Waals surface area contributed by atoms with E-state index in [2.05, 4.69) is 44.8 Å². The zero-order valence-electron chi connectivity index (χ0n) is 15.3. The highest BCUT2D eigenvalue weighted by Crippen LogP contribution is 2.19. The van der Waals surface area contributed by atoms with Crippen LogP contribution in [-0.2, 0) is 4.79 Å². The summed E-state index contributed by atoms with van der Waals surface area (Å²) in [7, 11) is 0.